The van der Waals surface area contributed by atoms with Crippen molar-refractivity contribution in [1.82, 2.24) is 4.90 Å². The van der Waals surface area contributed by atoms with Crippen molar-refractivity contribution in [3.05, 3.63) is 40.9 Å². The van der Waals surface area contributed by atoms with Gasteiger partial charge in [-0.3, -0.25) is 4.79 Å². The van der Waals surface area contributed by atoms with E-state index in [2.05, 4.69) is 6.92 Å². The fourth-order valence-electron chi connectivity index (χ4n) is 2.26. The zero-order valence-corrected chi connectivity index (χ0v) is 11.4. The highest BCUT2D eigenvalue weighted by molar-refractivity contribution is 6.30. The van der Waals surface area contributed by atoms with Gasteiger partial charge in [-0.15, -0.1) is 0 Å². The molecule has 1 aromatic rings. The molecule has 0 bridgehead atoms. The lowest BCUT2D eigenvalue weighted by Crippen LogP contribution is -2.41. The van der Waals surface area contributed by atoms with Crippen LogP contribution >= 0.6 is 11.6 Å². The van der Waals surface area contributed by atoms with Gasteiger partial charge in [-0.05, 0) is 50.0 Å². The van der Waals surface area contributed by atoms with Crippen LogP contribution in [-0.4, -0.2) is 23.4 Å². The first kappa shape index (κ1) is 13.2. The molecule has 1 saturated heterocycles. The quantitative estimate of drug-likeness (QED) is 0.744. The standard InChI is InChI=1S/C15H18ClNO/c1-12-4-2-3-11-17(12)15(18)10-7-13-5-8-14(16)9-6-13/h5-10,12H,2-4,11H2,1H3/b10-7+/t12-/m1/s1. The Labute approximate surface area is 113 Å². The summed E-state index contributed by atoms with van der Waals surface area (Å²) in [5.41, 5.74) is 0.998. The van der Waals surface area contributed by atoms with Crippen molar-refractivity contribution in [2.75, 3.05) is 6.54 Å². The Bertz CT molecular complexity index is 438. The van der Waals surface area contributed by atoms with Crippen molar-refractivity contribution in [3.63, 3.8) is 0 Å². The molecule has 1 aromatic carbocycles. The van der Waals surface area contributed by atoms with Gasteiger partial charge in [0.25, 0.3) is 0 Å². The van der Waals surface area contributed by atoms with E-state index in [4.69, 9.17) is 11.6 Å². The van der Waals surface area contributed by atoms with Crippen molar-refractivity contribution in [1.29, 1.82) is 0 Å². The van der Waals surface area contributed by atoms with E-state index in [0.717, 1.165) is 24.9 Å². The molecule has 1 fully saturated rings. The Hall–Kier alpha value is -1.28. The first-order valence-corrected chi connectivity index (χ1v) is 6.79. The van der Waals surface area contributed by atoms with E-state index in [0.29, 0.717) is 11.1 Å². The summed E-state index contributed by atoms with van der Waals surface area (Å²) in [7, 11) is 0. The van der Waals surface area contributed by atoms with E-state index in [-0.39, 0.29) is 5.91 Å². The van der Waals surface area contributed by atoms with Crippen LogP contribution in [0.4, 0.5) is 0 Å². The molecule has 0 N–H and O–H groups in total. The molecule has 0 aromatic heterocycles. The Morgan fingerprint density at radius 3 is 2.72 bits per heavy atom. The number of rotatable bonds is 2. The van der Waals surface area contributed by atoms with Crippen LogP contribution in [0.5, 0.6) is 0 Å². The molecule has 0 saturated carbocycles. The van der Waals surface area contributed by atoms with Crippen molar-refractivity contribution >= 4 is 23.6 Å². The lowest BCUT2D eigenvalue weighted by molar-refractivity contribution is -0.129. The maximum atomic E-state index is 12.1. The van der Waals surface area contributed by atoms with Gasteiger partial charge >= 0.3 is 0 Å². The van der Waals surface area contributed by atoms with Gasteiger partial charge in [-0.2, -0.15) is 0 Å². The second-order valence-corrected chi connectivity index (χ2v) is 5.20. The van der Waals surface area contributed by atoms with E-state index < -0.39 is 0 Å². The molecule has 3 heteroatoms. The van der Waals surface area contributed by atoms with E-state index in [1.54, 1.807) is 6.08 Å². The average molecular weight is 264 g/mol. The maximum Gasteiger partial charge on any atom is 0.246 e. The van der Waals surface area contributed by atoms with Crippen LogP contribution in [0.1, 0.15) is 31.7 Å². The van der Waals surface area contributed by atoms with Crippen molar-refractivity contribution < 1.29 is 4.79 Å². The molecule has 18 heavy (non-hydrogen) atoms. The topological polar surface area (TPSA) is 20.3 Å². The van der Waals surface area contributed by atoms with E-state index in [9.17, 15) is 4.79 Å². The molecular weight excluding hydrogens is 246 g/mol. The number of likely N-dealkylation sites (tertiary alicyclic amines) is 1. The molecule has 1 heterocycles. The van der Waals surface area contributed by atoms with Gasteiger partial charge in [0.15, 0.2) is 0 Å². The van der Waals surface area contributed by atoms with Gasteiger partial charge in [0.1, 0.15) is 0 Å². The zero-order chi connectivity index (χ0) is 13.0. The summed E-state index contributed by atoms with van der Waals surface area (Å²) in [5, 5.41) is 0.711. The highest BCUT2D eigenvalue weighted by Crippen LogP contribution is 2.17. The van der Waals surface area contributed by atoms with Crippen LogP contribution in [0.25, 0.3) is 6.08 Å². The molecule has 1 aliphatic heterocycles. The summed E-state index contributed by atoms with van der Waals surface area (Å²) in [4.78, 5) is 14.0. The summed E-state index contributed by atoms with van der Waals surface area (Å²) >= 11 is 5.82. The minimum Gasteiger partial charge on any atom is -0.336 e. The minimum atomic E-state index is 0.108. The first-order chi connectivity index (χ1) is 8.66. The third-order valence-corrected chi connectivity index (χ3v) is 3.63. The molecule has 1 atom stereocenters. The molecule has 96 valence electrons. The summed E-state index contributed by atoms with van der Waals surface area (Å²) in [6.45, 7) is 3.00. The Kier molecular flexibility index (Phi) is 4.43. The molecule has 2 rings (SSSR count). The highest BCUT2D eigenvalue weighted by atomic mass is 35.5. The van der Waals surface area contributed by atoms with Gasteiger partial charge < -0.3 is 4.90 Å². The van der Waals surface area contributed by atoms with E-state index in [1.165, 1.54) is 6.42 Å². The Balaban J connectivity index is 1.99. The summed E-state index contributed by atoms with van der Waals surface area (Å²) < 4.78 is 0. The van der Waals surface area contributed by atoms with Gasteiger partial charge in [0.2, 0.25) is 5.91 Å². The largest absolute Gasteiger partial charge is 0.336 e. The van der Waals surface area contributed by atoms with Gasteiger partial charge in [0.05, 0.1) is 0 Å². The summed E-state index contributed by atoms with van der Waals surface area (Å²) in [6.07, 6.45) is 6.96. The van der Waals surface area contributed by atoms with Crippen molar-refractivity contribution in [3.8, 4) is 0 Å². The number of carbonyl (C=O) groups is 1. The molecular formula is C15H18ClNO. The van der Waals surface area contributed by atoms with Gasteiger partial charge in [-0.25, -0.2) is 0 Å². The van der Waals surface area contributed by atoms with Gasteiger partial charge in [-0.1, -0.05) is 23.7 Å². The highest BCUT2D eigenvalue weighted by Gasteiger charge is 2.20. The predicted molar refractivity (Wildman–Crippen MR) is 75.5 cm³/mol. The second kappa shape index (κ2) is 6.05. The third kappa shape index (κ3) is 3.36. The molecule has 0 spiro atoms. The molecule has 1 aliphatic rings. The molecule has 1 amide bonds. The number of carbonyl (C=O) groups excluding carboxylic acids is 1. The monoisotopic (exact) mass is 263 g/mol. The van der Waals surface area contributed by atoms with Crippen LogP contribution in [0, 0.1) is 0 Å². The van der Waals surface area contributed by atoms with Gasteiger partial charge in [0, 0.05) is 23.7 Å². The minimum absolute atomic E-state index is 0.108. The lowest BCUT2D eigenvalue weighted by Gasteiger charge is -2.32. The second-order valence-electron chi connectivity index (χ2n) is 4.76. The number of hydrogen-bond acceptors (Lipinski definition) is 1. The fraction of sp³-hybridized carbons (Fsp3) is 0.400. The van der Waals surface area contributed by atoms with Crippen LogP contribution in [0.2, 0.25) is 5.02 Å². The Morgan fingerprint density at radius 1 is 1.33 bits per heavy atom. The molecule has 0 aliphatic carbocycles. The summed E-state index contributed by atoms with van der Waals surface area (Å²) in [6, 6.07) is 7.84. The van der Waals surface area contributed by atoms with Crippen LogP contribution in [-0.2, 0) is 4.79 Å². The van der Waals surface area contributed by atoms with E-state index >= 15 is 0 Å². The Morgan fingerprint density at radius 2 is 2.06 bits per heavy atom. The molecule has 0 radical (unpaired) electrons. The van der Waals surface area contributed by atoms with Crippen LogP contribution < -0.4 is 0 Å². The smallest absolute Gasteiger partial charge is 0.246 e. The molecule has 0 unspecified atom stereocenters. The summed E-state index contributed by atoms with van der Waals surface area (Å²) in [5.74, 6) is 0.108. The number of nitrogens with zero attached hydrogens (tertiary/aromatic N) is 1. The number of benzene rings is 1. The van der Waals surface area contributed by atoms with Crippen molar-refractivity contribution in [2.45, 2.75) is 32.2 Å². The normalized spacial score (nSPS) is 20.3. The van der Waals surface area contributed by atoms with E-state index in [1.807, 2.05) is 35.2 Å². The number of piperidine rings is 1. The van der Waals surface area contributed by atoms with Crippen LogP contribution in [0.3, 0.4) is 0 Å². The third-order valence-electron chi connectivity index (χ3n) is 3.37. The number of amides is 1. The molecule has 2 nitrogen and oxygen atoms in total. The predicted octanol–water partition coefficient (Wildman–Crippen LogP) is 3.75. The lowest BCUT2D eigenvalue weighted by atomic mass is 10.0. The average Bonchev–Trinajstić information content (AvgIpc) is 2.38. The zero-order valence-electron chi connectivity index (χ0n) is 10.6. The number of hydrogen-bond donors (Lipinski definition) is 0. The van der Waals surface area contributed by atoms with Crippen LogP contribution in [0.15, 0.2) is 30.3 Å². The maximum absolute atomic E-state index is 12.1. The SMILES string of the molecule is C[C@@H]1CCCCN1C(=O)/C=C/c1ccc(Cl)cc1. The first-order valence-electron chi connectivity index (χ1n) is 6.41. The number of halogens is 1. The fourth-order valence-corrected chi connectivity index (χ4v) is 2.39. The van der Waals surface area contributed by atoms with Crippen molar-refractivity contribution in [2.24, 2.45) is 0 Å².